The van der Waals surface area contributed by atoms with Crippen LogP contribution < -0.4 is 16.4 Å². The zero-order valence-corrected chi connectivity index (χ0v) is 15.6. The molecule has 0 bridgehead atoms. The van der Waals surface area contributed by atoms with Crippen molar-refractivity contribution in [2.75, 3.05) is 7.05 Å². The van der Waals surface area contributed by atoms with Crippen LogP contribution in [0.4, 0.5) is 0 Å². The van der Waals surface area contributed by atoms with E-state index in [4.69, 9.17) is 10.4 Å². The maximum absolute atomic E-state index is 13.2. The Morgan fingerprint density at radius 1 is 1.26 bits per heavy atom. The minimum absolute atomic E-state index is 0.0816. The molecule has 0 aliphatic heterocycles. The molecule has 3 heterocycles. The second kappa shape index (κ2) is 6.64. The van der Waals surface area contributed by atoms with E-state index in [1.54, 1.807) is 10.8 Å². The smallest absolute Gasteiger partial charge is 0.267 e. The van der Waals surface area contributed by atoms with Crippen molar-refractivity contribution in [2.45, 2.75) is 45.1 Å². The molecule has 1 aliphatic rings. The van der Waals surface area contributed by atoms with Crippen LogP contribution in [0.1, 0.15) is 54.1 Å². The number of fused-ring (bicyclic) bond motifs is 2. The van der Waals surface area contributed by atoms with E-state index in [1.807, 2.05) is 19.1 Å². The molecule has 27 heavy (non-hydrogen) atoms. The number of hydrogen-bond acceptors (Lipinski definition) is 4. The molecule has 140 valence electrons. The summed E-state index contributed by atoms with van der Waals surface area (Å²) in [6.07, 6.45) is 6.94. The van der Waals surface area contributed by atoms with Crippen LogP contribution in [0.15, 0.2) is 29.2 Å². The highest BCUT2D eigenvalue weighted by atomic mass is 16.1. The number of nitrogens with one attached hydrogen (secondary N) is 2. The Morgan fingerprint density at radius 2 is 2.00 bits per heavy atom. The van der Waals surface area contributed by atoms with Crippen LogP contribution in [0.25, 0.3) is 16.7 Å². The van der Waals surface area contributed by atoms with Gasteiger partial charge in [0.25, 0.3) is 11.5 Å². The van der Waals surface area contributed by atoms with Crippen molar-refractivity contribution >= 4 is 22.6 Å². The molecule has 1 aliphatic carbocycles. The largest absolute Gasteiger partial charge is 0.355 e. The topological polar surface area (TPSA) is 92.2 Å². The number of aryl methyl sites for hydroxylation is 1. The first kappa shape index (κ1) is 17.5. The number of amides is 1. The van der Waals surface area contributed by atoms with Crippen LogP contribution in [0.2, 0.25) is 0 Å². The fourth-order valence-electron chi connectivity index (χ4n) is 4.01. The summed E-state index contributed by atoms with van der Waals surface area (Å²) in [4.78, 5) is 30.3. The molecule has 0 atom stereocenters. The molecule has 1 saturated carbocycles. The lowest BCUT2D eigenvalue weighted by molar-refractivity contribution is 0.0960. The Hall–Kier alpha value is -2.96. The van der Waals surface area contributed by atoms with E-state index in [-0.39, 0.29) is 28.6 Å². The van der Waals surface area contributed by atoms with E-state index in [0.717, 1.165) is 31.2 Å². The van der Waals surface area contributed by atoms with Crippen molar-refractivity contribution in [3.05, 3.63) is 51.4 Å². The van der Waals surface area contributed by atoms with E-state index >= 15 is 0 Å². The van der Waals surface area contributed by atoms with Gasteiger partial charge in [0.1, 0.15) is 16.8 Å². The van der Waals surface area contributed by atoms with Crippen LogP contribution in [0, 0.1) is 12.3 Å². The van der Waals surface area contributed by atoms with E-state index in [2.05, 4.69) is 5.32 Å². The molecule has 0 aromatic carbocycles. The van der Waals surface area contributed by atoms with Gasteiger partial charge in [-0.15, -0.1) is 0 Å². The fourth-order valence-corrected chi connectivity index (χ4v) is 4.01. The average Bonchev–Trinajstić information content (AvgIpc) is 2.68. The van der Waals surface area contributed by atoms with Crippen LogP contribution in [-0.4, -0.2) is 26.9 Å². The highest BCUT2D eigenvalue weighted by molar-refractivity contribution is 5.96. The van der Waals surface area contributed by atoms with Gasteiger partial charge in [0.15, 0.2) is 0 Å². The molecule has 3 aromatic rings. The summed E-state index contributed by atoms with van der Waals surface area (Å²) in [6.45, 7) is 1.92. The van der Waals surface area contributed by atoms with Gasteiger partial charge in [0, 0.05) is 19.3 Å². The fraction of sp³-hybridized carbons (Fsp3) is 0.400. The summed E-state index contributed by atoms with van der Waals surface area (Å²) in [7, 11) is 1.53. The maximum atomic E-state index is 13.2. The van der Waals surface area contributed by atoms with Crippen molar-refractivity contribution in [3.63, 3.8) is 0 Å². The van der Waals surface area contributed by atoms with E-state index in [1.165, 1.54) is 23.9 Å². The van der Waals surface area contributed by atoms with E-state index in [9.17, 15) is 9.59 Å². The number of aromatic nitrogens is 3. The van der Waals surface area contributed by atoms with Crippen molar-refractivity contribution in [1.29, 1.82) is 5.41 Å². The molecule has 1 fully saturated rings. The van der Waals surface area contributed by atoms with Gasteiger partial charge in [-0.3, -0.25) is 19.4 Å². The number of rotatable bonds is 2. The Morgan fingerprint density at radius 3 is 2.70 bits per heavy atom. The van der Waals surface area contributed by atoms with Gasteiger partial charge in [-0.25, -0.2) is 4.98 Å². The highest BCUT2D eigenvalue weighted by Crippen LogP contribution is 2.29. The van der Waals surface area contributed by atoms with E-state index in [0.29, 0.717) is 16.7 Å². The summed E-state index contributed by atoms with van der Waals surface area (Å²) < 4.78 is 3.32. The van der Waals surface area contributed by atoms with Crippen LogP contribution >= 0.6 is 0 Å². The third-order valence-electron chi connectivity index (χ3n) is 5.41. The molecular weight excluding hydrogens is 342 g/mol. The lowest BCUT2D eigenvalue weighted by atomic mass is 9.94. The Balaban J connectivity index is 2.14. The number of carbonyl (C=O) groups is 1. The molecule has 0 unspecified atom stereocenters. The predicted octanol–water partition coefficient (Wildman–Crippen LogP) is 2.30. The number of carbonyl (C=O) groups excluding carboxylic acids is 1. The zero-order valence-electron chi connectivity index (χ0n) is 15.6. The average molecular weight is 365 g/mol. The van der Waals surface area contributed by atoms with Crippen LogP contribution in [0.5, 0.6) is 0 Å². The lowest BCUT2D eigenvalue weighted by Crippen LogP contribution is -2.36. The third kappa shape index (κ3) is 2.83. The molecule has 0 spiro atoms. The van der Waals surface area contributed by atoms with Crippen molar-refractivity contribution in [2.24, 2.45) is 0 Å². The van der Waals surface area contributed by atoms with Gasteiger partial charge in [-0.05, 0) is 37.5 Å². The SMILES string of the molecule is CNC(=O)c1cc2c(=O)n3cc(C)ccc3nc2n(C2CCCCC2)c1=N. The van der Waals surface area contributed by atoms with Gasteiger partial charge in [0.05, 0.1) is 10.9 Å². The summed E-state index contributed by atoms with van der Waals surface area (Å²) >= 11 is 0. The minimum Gasteiger partial charge on any atom is -0.355 e. The van der Waals surface area contributed by atoms with Crippen molar-refractivity contribution < 1.29 is 4.79 Å². The first-order chi connectivity index (χ1) is 13.0. The van der Waals surface area contributed by atoms with Crippen LogP contribution in [-0.2, 0) is 0 Å². The molecule has 2 N–H and O–H groups in total. The van der Waals surface area contributed by atoms with Gasteiger partial charge in [-0.2, -0.15) is 0 Å². The van der Waals surface area contributed by atoms with Gasteiger partial charge < -0.3 is 9.88 Å². The van der Waals surface area contributed by atoms with Crippen molar-refractivity contribution in [1.82, 2.24) is 19.3 Å². The Bertz CT molecular complexity index is 1170. The standard InChI is InChI=1S/C20H23N5O2/c1-12-8-9-16-23-18-15(20(27)24(16)11-12)10-14(19(26)22-2)17(21)25(18)13-6-4-3-5-7-13/h8-11,13,21H,3-7H2,1-2H3,(H,22,26). The maximum Gasteiger partial charge on any atom is 0.267 e. The lowest BCUT2D eigenvalue weighted by Gasteiger charge is -2.26. The zero-order chi connectivity index (χ0) is 19.1. The van der Waals surface area contributed by atoms with Crippen molar-refractivity contribution in [3.8, 4) is 0 Å². The minimum atomic E-state index is -0.361. The summed E-state index contributed by atoms with van der Waals surface area (Å²) in [5.74, 6) is -0.361. The Kier molecular flexibility index (Phi) is 4.30. The number of pyridine rings is 2. The summed E-state index contributed by atoms with van der Waals surface area (Å²) in [5, 5.41) is 11.6. The molecule has 7 nitrogen and oxygen atoms in total. The molecule has 4 rings (SSSR count). The van der Waals surface area contributed by atoms with E-state index < -0.39 is 0 Å². The van der Waals surface area contributed by atoms with Gasteiger partial charge in [0.2, 0.25) is 0 Å². The normalized spacial score (nSPS) is 15.3. The van der Waals surface area contributed by atoms with Gasteiger partial charge in [-0.1, -0.05) is 25.3 Å². The summed E-state index contributed by atoms with van der Waals surface area (Å²) in [6, 6.07) is 5.33. The summed E-state index contributed by atoms with van der Waals surface area (Å²) in [5.41, 5.74) is 2.12. The molecule has 0 saturated heterocycles. The monoisotopic (exact) mass is 365 g/mol. The second-order valence-electron chi connectivity index (χ2n) is 7.24. The van der Waals surface area contributed by atoms with Crippen LogP contribution in [0.3, 0.4) is 0 Å². The molecular formula is C20H23N5O2. The first-order valence-corrected chi connectivity index (χ1v) is 9.36. The second-order valence-corrected chi connectivity index (χ2v) is 7.24. The quantitative estimate of drug-likeness (QED) is 0.683. The molecule has 7 heteroatoms. The molecule has 3 aromatic heterocycles. The number of hydrogen-bond donors (Lipinski definition) is 2. The highest BCUT2D eigenvalue weighted by Gasteiger charge is 2.23. The first-order valence-electron chi connectivity index (χ1n) is 9.36. The molecule has 0 radical (unpaired) electrons. The van der Waals surface area contributed by atoms with Gasteiger partial charge >= 0.3 is 0 Å². The third-order valence-corrected chi connectivity index (χ3v) is 5.41. The Labute approximate surface area is 156 Å². The predicted molar refractivity (Wildman–Crippen MR) is 103 cm³/mol. The number of nitrogens with zero attached hydrogens (tertiary/aromatic N) is 3. The molecule has 1 amide bonds.